The van der Waals surface area contributed by atoms with Crippen molar-refractivity contribution in [3.63, 3.8) is 0 Å². The van der Waals surface area contributed by atoms with Gasteiger partial charge in [0.05, 0.1) is 7.11 Å². The lowest BCUT2D eigenvalue weighted by Gasteiger charge is -2.26. The first-order valence-electron chi connectivity index (χ1n) is 10.7. The molecule has 0 aliphatic heterocycles. The zero-order chi connectivity index (χ0) is 22.5. The molecule has 2 heterocycles. The van der Waals surface area contributed by atoms with E-state index in [0.717, 1.165) is 29.9 Å². The van der Waals surface area contributed by atoms with E-state index in [0.29, 0.717) is 11.7 Å². The van der Waals surface area contributed by atoms with Crippen LogP contribution < -0.4 is 10.1 Å². The maximum absolute atomic E-state index is 5.85. The number of benzene rings is 2. The van der Waals surface area contributed by atoms with E-state index in [-0.39, 0.29) is 0 Å². The predicted molar refractivity (Wildman–Crippen MR) is 135 cm³/mol. The van der Waals surface area contributed by atoms with Crippen LogP contribution in [0.1, 0.15) is 22.4 Å². The van der Waals surface area contributed by atoms with Gasteiger partial charge in [-0.25, -0.2) is 0 Å². The molecule has 0 unspecified atom stereocenters. The molecule has 2 aromatic carbocycles. The molecule has 4 rings (SSSR count). The molecule has 0 aliphatic rings. The number of hydrogen-bond acceptors (Lipinski definition) is 3. The predicted octanol–water partition coefficient (Wildman–Crippen LogP) is 5.63. The number of pyridine rings is 1. The Hall–Kier alpha value is -3.38. The Morgan fingerprint density at radius 1 is 1.09 bits per heavy atom. The standard InChI is InChI=1S/C26H28N4OS/c1-18-6-4-5-7-24(18)29-26(32)30(17-20-10-13-27-14-11-20)15-12-22-19(2)28-25-9-8-21(31-3)16-23(22)25/h4-11,13-14,16,28H,12,15,17H2,1-3H3,(H,29,32). The average Bonchev–Trinajstić information content (AvgIpc) is 3.12. The highest BCUT2D eigenvalue weighted by atomic mass is 32.1. The third-order valence-electron chi connectivity index (χ3n) is 5.76. The van der Waals surface area contributed by atoms with Gasteiger partial charge in [-0.15, -0.1) is 0 Å². The van der Waals surface area contributed by atoms with Crippen molar-refractivity contribution in [3.05, 3.63) is 89.4 Å². The first-order valence-corrected chi connectivity index (χ1v) is 11.1. The van der Waals surface area contributed by atoms with Gasteiger partial charge >= 0.3 is 0 Å². The number of aromatic amines is 1. The SMILES string of the molecule is COc1ccc2[nH]c(C)c(CCN(Cc3ccncc3)C(=S)Nc3ccccc3C)c2c1. The van der Waals surface area contributed by atoms with Crippen molar-refractivity contribution in [3.8, 4) is 5.75 Å². The van der Waals surface area contributed by atoms with Crippen LogP contribution in [0.5, 0.6) is 5.75 Å². The number of thiocarbonyl (C=S) groups is 1. The van der Waals surface area contributed by atoms with Crippen LogP contribution in [0.3, 0.4) is 0 Å². The van der Waals surface area contributed by atoms with Gasteiger partial charge in [0.15, 0.2) is 5.11 Å². The van der Waals surface area contributed by atoms with Crippen LogP contribution in [0.25, 0.3) is 10.9 Å². The van der Waals surface area contributed by atoms with Crippen molar-refractivity contribution in [2.45, 2.75) is 26.8 Å². The van der Waals surface area contributed by atoms with Crippen molar-refractivity contribution in [2.24, 2.45) is 0 Å². The Bertz CT molecular complexity index is 1220. The summed E-state index contributed by atoms with van der Waals surface area (Å²) in [6.07, 6.45) is 4.50. The Morgan fingerprint density at radius 2 is 1.88 bits per heavy atom. The Morgan fingerprint density at radius 3 is 2.62 bits per heavy atom. The van der Waals surface area contributed by atoms with E-state index in [1.165, 1.54) is 27.8 Å². The zero-order valence-corrected chi connectivity index (χ0v) is 19.5. The number of hydrogen-bond donors (Lipinski definition) is 2. The summed E-state index contributed by atoms with van der Waals surface area (Å²) in [5, 5.41) is 5.36. The van der Waals surface area contributed by atoms with Gasteiger partial charge in [-0.05, 0) is 85.6 Å². The smallest absolute Gasteiger partial charge is 0.173 e. The van der Waals surface area contributed by atoms with Crippen LogP contribution >= 0.6 is 12.2 Å². The molecule has 0 spiro atoms. The number of methoxy groups -OCH3 is 1. The molecule has 5 nitrogen and oxygen atoms in total. The number of ether oxygens (including phenoxy) is 1. The maximum atomic E-state index is 5.85. The summed E-state index contributed by atoms with van der Waals surface area (Å²) < 4.78 is 5.45. The van der Waals surface area contributed by atoms with Crippen LogP contribution in [0, 0.1) is 13.8 Å². The summed E-state index contributed by atoms with van der Waals surface area (Å²) in [7, 11) is 1.70. The van der Waals surface area contributed by atoms with E-state index in [4.69, 9.17) is 17.0 Å². The molecule has 0 amide bonds. The first-order chi connectivity index (χ1) is 15.5. The van der Waals surface area contributed by atoms with Gasteiger partial charge in [0.1, 0.15) is 5.75 Å². The van der Waals surface area contributed by atoms with Crippen LogP contribution in [0.2, 0.25) is 0 Å². The van der Waals surface area contributed by atoms with Gasteiger partial charge in [-0.3, -0.25) is 4.98 Å². The van der Waals surface area contributed by atoms with Crippen molar-refractivity contribution >= 4 is 33.9 Å². The topological polar surface area (TPSA) is 53.2 Å². The van der Waals surface area contributed by atoms with Gasteiger partial charge in [0.2, 0.25) is 0 Å². The molecule has 164 valence electrons. The Kier molecular flexibility index (Phi) is 6.71. The summed E-state index contributed by atoms with van der Waals surface area (Å²) in [5.41, 5.74) is 6.96. The second kappa shape index (κ2) is 9.83. The minimum absolute atomic E-state index is 0.713. The minimum Gasteiger partial charge on any atom is -0.497 e. The van der Waals surface area contributed by atoms with Crippen LogP contribution in [-0.2, 0) is 13.0 Å². The second-order valence-electron chi connectivity index (χ2n) is 7.91. The van der Waals surface area contributed by atoms with E-state index >= 15 is 0 Å². The molecule has 0 saturated heterocycles. The molecule has 32 heavy (non-hydrogen) atoms. The fourth-order valence-corrected chi connectivity index (χ4v) is 4.19. The number of rotatable bonds is 7. The number of para-hydroxylation sites is 1. The van der Waals surface area contributed by atoms with Crippen molar-refractivity contribution in [1.29, 1.82) is 0 Å². The minimum atomic E-state index is 0.713. The molecule has 2 aromatic heterocycles. The van der Waals surface area contributed by atoms with Crippen molar-refractivity contribution in [1.82, 2.24) is 14.9 Å². The third-order valence-corrected chi connectivity index (χ3v) is 6.12. The molecule has 6 heteroatoms. The zero-order valence-electron chi connectivity index (χ0n) is 18.7. The number of fused-ring (bicyclic) bond motifs is 1. The van der Waals surface area contributed by atoms with Gasteiger partial charge < -0.3 is 19.9 Å². The number of aryl methyl sites for hydroxylation is 2. The van der Waals surface area contributed by atoms with Crippen LogP contribution in [0.4, 0.5) is 5.69 Å². The quantitative estimate of drug-likeness (QED) is 0.362. The lowest BCUT2D eigenvalue weighted by Crippen LogP contribution is -2.36. The van der Waals surface area contributed by atoms with E-state index in [2.05, 4.69) is 58.3 Å². The van der Waals surface area contributed by atoms with Gasteiger partial charge in [-0.1, -0.05) is 18.2 Å². The summed E-state index contributed by atoms with van der Waals surface area (Å²) in [6, 6.07) is 18.4. The molecule has 4 aromatic rings. The summed E-state index contributed by atoms with van der Waals surface area (Å²) in [4.78, 5) is 9.86. The molecule has 0 radical (unpaired) electrons. The molecular weight excluding hydrogens is 416 g/mol. The number of H-pyrrole nitrogens is 1. The van der Waals surface area contributed by atoms with Gasteiger partial charge in [0.25, 0.3) is 0 Å². The normalized spacial score (nSPS) is 10.8. The van der Waals surface area contributed by atoms with Crippen molar-refractivity contribution in [2.75, 3.05) is 19.0 Å². The van der Waals surface area contributed by atoms with Crippen LogP contribution in [-0.4, -0.2) is 33.6 Å². The molecule has 0 atom stereocenters. The third kappa shape index (κ3) is 4.92. The highest BCUT2D eigenvalue weighted by Gasteiger charge is 2.15. The van der Waals surface area contributed by atoms with Crippen LogP contribution in [0.15, 0.2) is 67.0 Å². The molecular formula is C26H28N4OS. The highest BCUT2D eigenvalue weighted by Crippen LogP contribution is 2.27. The second-order valence-corrected chi connectivity index (χ2v) is 8.30. The van der Waals surface area contributed by atoms with E-state index < -0.39 is 0 Å². The van der Waals surface area contributed by atoms with E-state index in [1.807, 2.05) is 42.7 Å². The molecule has 0 fully saturated rings. The summed E-state index contributed by atoms with van der Waals surface area (Å²) in [6.45, 7) is 5.70. The molecule has 0 saturated carbocycles. The van der Waals surface area contributed by atoms with Gasteiger partial charge in [0, 0.05) is 47.8 Å². The first kappa shape index (κ1) is 21.8. The van der Waals surface area contributed by atoms with E-state index in [1.54, 1.807) is 7.11 Å². The molecule has 2 N–H and O–H groups in total. The molecule has 0 bridgehead atoms. The average molecular weight is 445 g/mol. The number of nitrogens with one attached hydrogen (secondary N) is 2. The lowest BCUT2D eigenvalue weighted by atomic mass is 10.1. The number of anilines is 1. The highest BCUT2D eigenvalue weighted by molar-refractivity contribution is 7.80. The maximum Gasteiger partial charge on any atom is 0.173 e. The fourth-order valence-electron chi connectivity index (χ4n) is 3.93. The summed E-state index contributed by atoms with van der Waals surface area (Å²) >= 11 is 5.85. The number of aromatic nitrogens is 2. The largest absolute Gasteiger partial charge is 0.497 e. The lowest BCUT2D eigenvalue weighted by molar-refractivity contribution is 0.415. The monoisotopic (exact) mass is 444 g/mol. The fraction of sp³-hybridized carbons (Fsp3) is 0.231. The van der Waals surface area contributed by atoms with E-state index in [9.17, 15) is 0 Å². The Balaban J connectivity index is 1.58. The van der Waals surface area contributed by atoms with Crippen molar-refractivity contribution < 1.29 is 4.74 Å². The summed E-state index contributed by atoms with van der Waals surface area (Å²) in [5.74, 6) is 0.864. The van der Waals surface area contributed by atoms with Gasteiger partial charge in [-0.2, -0.15) is 0 Å². The number of nitrogens with zero attached hydrogens (tertiary/aromatic N) is 2. The molecule has 0 aliphatic carbocycles. The Labute approximate surface area is 194 Å².